The average molecular weight is 215 g/mol. The van der Waals surface area contributed by atoms with E-state index in [0.717, 1.165) is 6.54 Å². The highest BCUT2D eigenvalue weighted by molar-refractivity contribution is 5.70. The van der Waals surface area contributed by atoms with E-state index in [1.54, 1.807) is 0 Å². The summed E-state index contributed by atoms with van der Waals surface area (Å²) in [6.45, 7) is 5.58. The van der Waals surface area contributed by atoms with Gasteiger partial charge in [0.1, 0.15) is 0 Å². The zero-order valence-electron chi connectivity index (χ0n) is 9.49. The summed E-state index contributed by atoms with van der Waals surface area (Å²) in [7, 11) is 0. The normalized spacial score (nSPS) is 31.1. The van der Waals surface area contributed by atoms with Gasteiger partial charge in [0.05, 0.1) is 11.5 Å². The van der Waals surface area contributed by atoms with Crippen molar-refractivity contribution in [2.45, 2.75) is 38.7 Å². The van der Waals surface area contributed by atoms with Crippen LogP contribution in [0, 0.1) is 11.8 Å². The zero-order chi connectivity index (χ0) is 11.5. The van der Waals surface area contributed by atoms with E-state index in [4.69, 9.17) is 5.11 Å². The molecular formula is C11H21NO3. The Kier molecular flexibility index (Phi) is 4.11. The molecule has 1 saturated carbocycles. The molecule has 0 heterocycles. The topological polar surface area (TPSA) is 69.6 Å². The summed E-state index contributed by atoms with van der Waals surface area (Å²) < 4.78 is 0. The van der Waals surface area contributed by atoms with Crippen LogP contribution in [0.2, 0.25) is 0 Å². The van der Waals surface area contributed by atoms with Gasteiger partial charge in [-0.2, -0.15) is 0 Å². The molecule has 0 aliphatic heterocycles. The van der Waals surface area contributed by atoms with Gasteiger partial charge < -0.3 is 15.5 Å². The van der Waals surface area contributed by atoms with Crippen LogP contribution < -0.4 is 5.32 Å². The van der Waals surface area contributed by atoms with E-state index in [2.05, 4.69) is 19.2 Å². The molecule has 4 heteroatoms. The second-order valence-electron chi connectivity index (χ2n) is 5.03. The maximum absolute atomic E-state index is 10.7. The Balaban J connectivity index is 2.32. The Labute approximate surface area is 90.7 Å². The molecule has 3 N–H and O–H groups in total. The van der Waals surface area contributed by atoms with Gasteiger partial charge in [-0.05, 0) is 31.7 Å². The summed E-state index contributed by atoms with van der Waals surface area (Å²) in [5, 5.41) is 22.1. The third kappa shape index (κ3) is 3.80. The van der Waals surface area contributed by atoms with Crippen molar-refractivity contribution < 1.29 is 15.0 Å². The Morgan fingerprint density at radius 3 is 2.73 bits per heavy atom. The molecule has 0 aromatic heterocycles. The number of carboxylic acids is 1. The van der Waals surface area contributed by atoms with Crippen LogP contribution in [0.5, 0.6) is 0 Å². The van der Waals surface area contributed by atoms with Gasteiger partial charge in [-0.3, -0.25) is 4.79 Å². The minimum Gasteiger partial charge on any atom is -0.481 e. The van der Waals surface area contributed by atoms with Crippen LogP contribution in [0.15, 0.2) is 0 Å². The third-order valence-corrected chi connectivity index (χ3v) is 2.94. The first-order valence-electron chi connectivity index (χ1n) is 5.59. The van der Waals surface area contributed by atoms with Gasteiger partial charge in [0.15, 0.2) is 0 Å². The maximum atomic E-state index is 10.7. The molecule has 0 aromatic rings. The van der Waals surface area contributed by atoms with Crippen molar-refractivity contribution in [3.63, 3.8) is 0 Å². The molecule has 88 valence electrons. The van der Waals surface area contributed by atoms with Crippen LogP contribution in [-0.4, -0.2) is 34.9 Å². The molecule has 2 unspecified atom stereocenters. The van der Waals surface area contributed by atoms with Crippen molar-refractivity contribution in [2.24, 2.45) is 11.8 Å². The molecule has 1 fully saturated rings. The number of aliphatic carboxylic acids is 1. The number of aliphatic hydroxyl groups is 1. The second-order valence-corrected chi connectivity index (χ2v) is 5.03. The van der Waals surface area contributed by atoms with Crippen LogP contribution in [0.1, 0.15) is 33.1 Å². The van der Waals surface area contributed by atoms with Crippen molar-refractivity contribution in [2.75, 3.05) is 13.1 Å². The second kappa shape index (κ2) is 4.94. The highest BCUT2D eigenvalue weighted by atomic mass is 16.4. The Morgan fingerprint density at radius 2 is 2.27 bits per heavy atom. The molecule has 1 aliphatic rings. The number of hydrogen-bond donors (Lipinski definition) is 3. The van der Waals surface area contributed by atoms with Crippen molar-refractivity contribution >= 4 is 5.97 Å². The van der Waals surface area contributed by atoms with E-state index in [1.165, 1.54) is 0 Å². The lowest BCUT2D eigenvalue weighted by Gasteiger charge is -2.23. The van der Waals surface area contributed by atoms with Gasteiger partial charge in [-0.15, -0.1) is 0 Å². The van der Waals surface area contributed by atoms with Crippen molar-refractivity contribution in [3.8, 4) is 0 Å². The van der Waals surface area contributed by atoms with Gasteiger partial charge in [0.25, 0.3) is 0 Å². The molecule has 0 aromatic carbocycles. The smallest absolute Gasteiger partial charge is 0.306 e. The molecule has 0 bridgehead atoms. The molecule has 1 rings (SSSR count). The molecular weight excluding hydrogens is 194 g/mol. The lowest BCUT2D eigenvalue weighted by molar-refractivity contribution is -0.142. The Morgan fingerprint density at radius 1 is 1.60 bits per heavy atom. The highest BCUT2D eigenvalue weighted by Crippen LogP contribution is 2.34. The van der Waals surface area contributed by atoms with Crippen molar-refractivity contribution in [1.29, 1.82) is 0 Å². The van der Waals surface area contributed by atoms with E-state index in [1.807, 2.05) is 0 Å². The van der Waals surface area contributed by atoms with Crippen LogP contribution in [-0.2, 0) is 4.79 Å². The van der Waals surface area contributed by atoms with Crippen LogP contribution >= 0.6 is 0 Å². The lowest BCUT2D eigenvalue weighted by atomic mass is 10.00. The molecule has 1 aliphatic carbocycles. The first-order chi connectivity index (χ1) is 6.93. The predicted molar refractivity (Wildman–Crippen MR) is 57.6 cm³/mol. The minimum absolute atomic E-state index is 0.365. The van der Waals surface area contributed by atoms with Crippen LogP contribution in [0.25, 0.3) is 0 Å². The molecule has 4 nitrogen and oxygen atoms in total. The van der Waals surface area contributed by atoms with Crippen LogP contribution in [0.4, 0.5) is 0 Å². The zero-order valence-corrected chi connectivity index (χ0v) is 9.49. The summed E-state index contributed by atoms with van der Waals surface area (Å²) >= 11 is 0. The van der Waals surface area contributed by atoms with E-state index < -0.39 is 11.6 Å². The van der Waals surface area contributed by atoms with E-state index >= 15 is 0 Å². The number of carbonyl (C=O) groups is 1. The van der Waals surface area contributed by atoms with E-state index in [9.17, 15) is 9.90 Å². The Bertz CT molecular complexity index is 230. The van der Waals surface area contributed by atoms with Crippen molar-refractivity contribution in [3.05, 3.63) is 0 Å². The summed E-state index contributed by atoms with van der Waals surface area (Å²) in [5.74, 6) is -0.601. The van der Waals surface area contributed by atoms with Gasteiger partial charge in [-0.25, -0.2) is 0 Å². The van der Waals surface area contributed by atoms with Gasteiger partial charge in [-0.1, -0.05) is 13.8 Å². The molecule has 2 atom stereocenters. The SMILES string of the molecule is CC(C)CNCC1(O)CCC(C(=O)O)C1. The number of carboxylic acid groups (broad SMARTS) is 1. The standard InChI is InChI=1S/C11H21NO3/c1-8(2)6-12-7-11(15)4-3-9(5-11)10(13)14/h8-9,12,15H,3-7H2,1-2H3,(H,13,14). The number of nitrogens with one attached hydrogen (secondary N) is 1. The maximum Gasteiger partial charge on any atom is 0.306 e. The lowest BCUT2D eigenvalue weighted by Crippen LogP contribution is -2.40. The molecule has 0 spiro atoms. The quantitative estimate of drug-likeness (QED) is 0.636. The largest absolute Gasteiger partial charge is 0.481 e. The molecule has 15 heavy (non-hydrogen) atoms. The fourth-order valence-corrected chi connectivity index (χ4v) is 2.07. The fraction of sp³-hybridized carbons (Fsp3) is 0.909. The Hall–Kier alpha value is -0.610. The number of rotatable bonds is 5. The monoisotopic (exact) mass is 215 g/mol. The highest BCUT2D eigenvalue weighted by Gasteiger charge is 2.40. The average Bonchev–Trinajstić information content (AvgIpc) is 2.47. The predicted octanol–water partition coefficient (Wildman–Crippen LogP) is 0.848. The van der Waals surface area contributed by atoms with Gasteiger partial charge in [0, 0.05) is 6.54 Å². The first-order valence-corrected chi connectivity index (χ1v) is 5.59. The summed E-state index contributed by atoms with van der Waals surface area (Å²) in [5.41, 5.74) is -0.808. The minimum atomic E-state index is -0.808. The number of hydrogen-bond acceptors (Lipinski definition) is 3. The van der Waals surface area contributed by atoms with E-state index in [-0.39, 0.29) is 5.92 Å². The van der Waals surface area contributed by atoms with Crippen LogP contribution in [0.3, 0.4) is 0 Å². The van der Waals surface area contributed by atoms with Gasteiger partial charge >= 0.3 is 5.97 Å². The summed E-state index contributed by atoms with van der Waals surface area (Å²) in [6, 6.07) is 0. The van der Waals surface area contributed by atoms with E-state index in [0.29, 0.717) is 31.7 Å². The summed E-state index contributed by atoms with van der Waals surface area (Å²) in [6.07, 6.45) is 1.57. The third-order valence-electron chi connectivity index (χ3n) is 2.94. The summed E-state index contributed by atoms with van der Waals surface area (Å²) in [4.78, 5) is 10.7. The first kappa shape index (κ1) is 12.5. The molecule has 0 radical (unpaired) electrons. The molecule has 0 amide bonds. The fourth-order valence-electron chi connectivity index (χ4n) is 2.07. The van der Waals surface area contributed by atoms with Gasteiger partial charge in [0.2, 0.25) is 0 Å². The van der Waals surface area contributed by atoms with Crippen molar-refractivity contribution in [1.82, 2.24) is 5.32 Å². The molecule has 0 saturated heterocycles.